The smallest absolute Gasteiger partial charge is 0.0458 e. The van der Waals surface area contributed by atoms with Crippen molar-refractivity contribution in [3.05, 3.63) is 35.2 Å². The zero-order valence-electron chi connectivity index (χ0n) is 6.08. The summed E-state index contributed by atoms with van der Waals surface area (Å²) >= 11 is 1.71. The Hall–Kier alpha value is -0.890. The van der Waals surface area contributed by atoms with E-state index in [0.717, 1.165) is 12.1 Å². The standard InChI is InChI=1S/C9H9NS/c10-8-5-1-3-7-4-2-6-11-9(7)8/h1-3,5-6H,4,10H2. The van der Waals surface area contributed by atoms with E-state index in [4.69, 9.17) is 5.73 Å². The van der Waals surface area contributed by atoms with Gasteiger partial charge in [0.2, 0.25) is 0 Å². The molecule has 0 saturated heterocycles. The average Bonchev–Trinajstić information content (AvgIpc) is 2.06. The highest BCUT2D eigenvalue weighted by Gasteiger charge is 2.06. The minimum absolute atomic E-state index is 0.900. The highest BCUT2D eigenvalue weighted by Crippen LogP contribution is 2.33. The molecule has 1 aromatic rings. The monoisotopic (exact) mass is 163 g/mol. The lowest BCUT2D eigenvalue weighted by Gasteiger charge is -2.11. The zero-order valence-corrected chi connectivity index (χ0v) is 6.90. The fourth-order valence-corrected chi connectivity index (χ4v) is 2.04. The molecule has 0 radical (unpaired) electrons. The van der Waals surface area contributed by atoms with Crippen molar-refractivity contribution in [2.24, 2.45) is 0 Å². The van der Waals surface area contributed by atoms with E-state index in [9.17, 15) is 0 Å². The van der Waals surface area contributed by atoms with Crippen LogP contribution in [0.3, 0.4) is 0 Å². The van der Waals surface area contributed by atoms with E-state index >= 15 is 0 Å². The normalized spacial score (nSPS) is 14.5. The molecule has 0 saturated carbocycles. The van der Waals surface area contributed by atoms with Crippen LogP contribution in [-0.2, 0) is 6.42 Å². The molecule has 0 unspecified atom stereocenters. The van der Waals surface area contributed by atoms with Crippen molar-refractivity contribution in [3.63, 3.8) is 0 Å². The molecule has 2 rings (SSSR count). The summed E-state index contributed by atoms with van der Waals surface area (Å²) in [5.41, 5.74) is 8.03. The van der Waals surface area contributed by atoms with Gasteiger partial charge in [-0.3, -0.25) is 0 Å². The third kappa shape index (κ3) is 1.14. The Labute approximate surface area is 70.3 Å². The Balaban J connectivity index is 2.54. The van der Waals surface area contributed by atoms with Crippen LogP contribution in [0.25, 0.3) is 0 Å². The van der Waals surface area contributed by atoms with E-state index in [1.807, 2.05) is 12.1 Å². The SMILES string of the molecule is Nc1cccc2c1SC=CC2. The minimum Gasteiger partial charge on any atom is -0.398 e. The summed E-state index contributed by atoms with van der Waals surface area (Å²) in [7, 11) is 0. The van der Waals surface area contributed by atoms with Crippen LogP contribution in [0.5, 0.6) is 0 Å². The van der Waals surface area contributed by atoms with Crippen LogP contribution in [0.1, 0.15) is 5.56 Å². The number of hydrogen-bond acceptors (Lipinski definition) is 2. The van der Waals surface area contributed by atoms with Crippen molar-refractivity contribution < 1.29 is 0 Å². The van der Waals surface area contributed by atoms with Gasteiger partial charge in [0.15, 0.2) is 0 Å². The summed E-state index contributed by atoms with van der Waals surface area (Å²) in [5.74, 6) is 0. The number of fused-ring (bicyclic) bond motifs is 1. The summed E-state index contributed by atoms with van der Waals surface area (Å²) in [6.45, 7) is 0. The molecule has 0 fully saturated rings. The zero-order chi connectivity index (χ0) is 7.68. The third-order valence-electron chi connectivity index (χ3n) is 1.75. The van der Waals surface area contributed by atoms with Gasteiger partial charge in [-0.15, -0.1) is 0 Å². The molecule has 1 aromatic carbocycles. The molecule has 2 heteroatoms. The lowest BCUT2D eigenvalue weighted by atomic mass is 10.1. The first-order valence-electron chi connectivity index (χ1n) is 3.57. The molecule has 11 heavy (non-hydrogen) atoms. The largest absolute Gasteiger partial charge is 0.398 e. The molecule has 0 aromatic heterocycles. The van der Waals surface area contributed by atoms with E-state index in [2.05, 4.69) is 17.6 Å². The maximum atomic E-state index is 5.79. The number of nitrogens with two attached hydrogens (primary N) is 1. The van der Waals surface area contributed by atoms with Crippen molar-refractivity contribution in [2.75, 3.05) is 5.73 Å². The van der Waals surface area contributed by atoms with Crippen LogP contribution >= 0.6 is 11.8 Å². The van der Waals surface area contributed by atoms with Crippen molar-refractivity contribution in [1.82, 2.24) is 0 Å². The van der Waals surface area contributed by atoms with Gasteiger partial charge in [0.05, 0.1) is 0 Å². The fraction of sp³-hybridized carbons (Fsp3) is 0.111. The van der Waals surface area contributed by atoms with Gasteiger partial charge in [0.1, 0.15) is 0 Å². The lowest BCUT2D eigenvalue weighted by Crippen LogP contribution is -1.95. The van der Waals surface area contributed by atoms with Gasteiger partial charge < -0.3 is 5.73 Å². The van der Waals surface area contributed by atoms with Crippen molar-refractivity contribution >= 4 is 17.4 Å². The Morgan fingerprint density at radius 1 is 1.36 bits per heavy atom. The molecule has 1 aliphatic heterocycles. The van der Waals surface area contributed by atoms with Crippen molar-refractivity contribution in [1.29, 1.82) is 0 Å². The predicted octanol–water partition coefficient (Wildman–Crippen LogP) is 2.43. The number of nitrogen functional groups attached to an aromatic ring is 1. The highest BCUT2D eigenvalue weighted by atomic mass is 32.2. The van der Waals surface area contributed by atoms with E-state index in [1.54, 1.807) is 11.8 Å². The van der Waals surface area contributed by atoms with E-state index in [1.165, 1.54) is 10.5 Å². The first-order chi connectivity index (χ1) is 5.38. The second-order valence-electron chi connectivity index (χ2n) is 2.53. The van der Waals surface area contributed by atoms with Crippen molar-refractivity contribution in [3.8, 4) is 0 Å². The molecular weight excluding hydrogens is 154 g/mol. The van der Waals surface area contributed by atoms with Gasteiger partial charge in [0.25, 0.3) is 0 Å². The second-order valence-corrected chi connectivity index (χ2v) is 3.45. The Morgan fingerprint density at radius 2 is 2.27 bits per heavy atom. The van der Waals surface area contributed by atoms with Crippen LogP contribution < -0.4 is 5.73 Å². The summed E-state index contributed by atoms with van der Waals surface area (Å²) in [4.78, 5) is 1.23. The van der Waals surface area contributed by atoms with E-state index in [0.29, 0.717) is 0 Å². The van der Waals surface area contributed by atoms with Gasteiger partial charge in [0, 0.05) is 10.6 Å². The highest BCUT2D eigenvalue weighted by molar-refractivity contribution is 8.02. The van der Waals surface area contributed by atoms with E-state index in [-0.39, 0.29) is 0 Å². The van der Waals surface area contributed by atoms with Crippen LogP contribution in [0.15, 0.2) is 34.6 Å². The van der Waals surface area contributed by atoms with Crippen LogP contribution in [-0.4, -0.2) is 0 Å². The molecule has 0 aliphatic carbocycles. The molecule has 2 N–H and O–H groups in total. The van der Waals surface area contributed by atoms with Crippen LogP contribution in [0, 0.1) is 0 Å². The first-order valence-corrected chi connectivity index (χ1v) is 4.45. The Bertz CT molecular complexity index is 304. The predicted molar refractivity (Wildman–Crippen MR) is 49.6 cm³/mol. The number of allylic oxidation sites excluding steroid dienone is 1. The first kappa shape index (κ1) is 6.80. The average molecular weight is 163 g/mol. The number of thioether (sulfide) groups is 1. The topological polar surface area (TPSA) is 26.0 Å². The molecule has 1 nitrogen and oxygen atoms in total. The minimum atomic E-state index is 0.900. The molecular formula is C9H9NS. The van der Waals surface area contributed by atoms with Gasteiger partial charge >= 0.3 is 0 Å². The number of anilines is 1. The van der Waals surface area contributed by atoms with E-state index < -0.39 is 0 Å². The summed E-state index contributed by atoms with van der Waals surface area (Å²) in [5, 5.41) is 2.10. The number of hydrogen-bond donors (Lipinski definition) is 1. The Kier molecular flexibility index (Phi) is 1.62. The van der Waals surface area contributed by atoms with Crippen molar-refractivity contribution in [2.45, 2.75) is 11.3 Å². The van der Waals surface area contributed by atoms with Crippen LogP contribution in [0.4, 0.5) is 5.69 Å². The lowest BCUT2D eigenvalue weighted by molar-refractivity contribution is 1.18. The maximum Gasteiger partial charge on any atom is 0.0458 e. The molecule has 0 amide bonds. The van der Waals surface area contributed by atoms with Gasteiger partial charge in [-0.05, 0) is 23.5 Å². The van der Waals surface area contributed by atoms with Gasteiger partial charge in [-0.1, -0.05) is 30.0 Å². The second kappa shape index (κ2) is 2.62. The maximum absolute atomic E-state index is 5.79. The summed E-state index contributed by atoms with van der Waals surface area (Å²) in [6, 6.07) is 6.08. The molecule has 0 atom stereocenters. The summed E-state index contributed by atoms with van der Waals surface area (Å²) < 4.78 is 0. The molecule has 0 bridgehead atoms. The molecule has 0 spiro atoms. The summed E-state index contributed by atoms with van der Waals surface area (Å²) in [6.07, 6.45) is 3.18. The fourth-order valence-electron chi connectivity index (χ4n) is 1.20. The number of benzene rings is 1. The Morgan fingerprint density at radius 3 is 3.09 bits per heavy atom. The number of rotatable bonds is 0. The molecule has 56 valence electrons. The third-order valence-corrected chi connectivity index (χ3v) is 2.81. The quantitative estimate of drug-likeness (QED) is 0.594. The molecule has 1 heterocycles. The molecule has 1 aliphatic rings. The van der Waals surface area contributed by atoms with Gasteiger partial charge in [-0.25, -0.2) is 0 Å². The van der Waals surface area contributed by atoms with Gasteiger partial charge in [-0.2, -0.15) is 0 Å². The van der Waals surface area contributed by atoms with Crippen LogP contribution in [0.2, 0.25) is 0 Å².